The molecule has 0 aliphatic heterocycles. The summed E-state index contributed by atoms with van der Waals surface area (Å²) in [6.07, 6.45) is 0. The van der Waals surface area contributed by atoms with E-state index < -0.39 is 5.91 Å². The van der Waals surface area contributed by atoms with Gasteiger partial charge in [-0.25, -0.2) is 4.79 Å². The van der Waals surface area contributed by atoms with Crippen molar-refractivity contribution < 1.29 is 14.3 Å². The summed E-state index contributed by atoms with van der Waals surface area (Å²) in [7, 11) is 1.60. The van der Waals surface area contributed by atoms with Gasteiger partial charge in [0.1, 0.15) is 5.75 Å². The lowest BCUT2D eigenvalue weighted by Gasteiger charge is -2.06. The summed E-state index contributed by atoms with van der Waals surface area (Å²) in [5.74, 6) is 6.03. The molecule has 2 aromatic carbocycles. The van der Waals surface area contributed by atoms with Gasteiger partial charge in [0.25, 0.3) is 0 Å². The molecule has 0 fully saturated rings. The second-order valence-corrected chi connectivity index (χ2v) is 5.13. The van der Waals surface area contributed by atoms with E-state index in [1.807, 2.05) is 24.3 Å². The molecular weight excluding hydrogens is 318 g/mol. The predicted molar refractivity (Wildman–Crippen MR) is 95.1 cm³/mol. The number of rotatable bonds is 5. The maximum atomic E-state index is 11.7. The summed E-state index contributed by atoms with van der Waals surface area (Å²) < 4.78 is 5.08. The minimum atomic E-state index is -0.477. The summed E-state index contributed by atoms with van der Waals surface area (Å²) in [5, 5.41) is 5.40. The molecule has 6 nitrogen and oxygen atoms in total. The first kappa shape index (κ1) is 17.9. The van der Waals surface area contributed by atoms with Crippen molar-refractivity contribution in [1.29, 1.82) is 0 Å². The van der Waals surface area contributed by atoms with Crippen LogP contribution in [0.25, 0.3) is 0 Å². The fourth-order valence-corrected chi connectivity index (χ4v) is 1.98. The van der Waals surface area contributed by atoms with E-state index in [9.17, 15) is 9.59 Å². The van der Waals surface area contributed by atoms with E-state index >= 15 is 0 Å². The van der Waals surface area contributed by atoms with Gasteiger partial charge < -0.3 is 21.1 Å². The lowest BCUT2D eigenvalue weighted by molar-refractivity contribution is 0.1000. The van der Waals surface area contributed by atoms with Crippen LogP contribution in [0.3, 0.4) is 0 Å². The Balaban J connectivity index is 1.74. The maximum absolute atomic E-state index is 11.7. The molecule has 0 saturated heterocycles. The van der Waals surface area contributed by atoms with Crippen molar-refractivity contribution >= 4 is 11.9 Å². The Kier molecular flexibility index (Phi) is 6.43. The molecule has 3 amide bonds. The molecule has 0 bridgehead atoms. The molecule has 2 aromatic rings. The van der Waals surface area contributed by atoms with Gasteiger partial charge in [0.15, 0.2) is 0 Å². The molecule has 0 heterocycles. The number of primary amides is 1. The van der Waals surface area contributed by atoms with Gasteiger partial charge in [0.2, 0.25) is 5.91 Å². The van der Waals surface area contributed by atoms with Crippen LogP contribution in [0.15, 0.2) is 48.5 Å². The Morgan fingerprint density at radius 1 is 1.04 bits per heavy atom. The van der Waals surface area contributed by atoms with Crippen LogP contribution in [0.2, 0.25) is 0 Å². The van der Waals surface area contributed by atoms with Gasteiger partial charge in [-0.2, -0.15) is 0 Å². The molecule has 2 rings (SSSR count). The van der Waals surface area contributed by atoms with E-state index in [-0.39, 0.29) is 12.6 Å². The maximum Gasteiger partial charge on any atom is 0.315 e. The normalized spacial score (nSPS) is 9.48. The molecule has 6 heteroatoms. The molecule has 0 aliphatic carbocycles. The van der Waals surface area contributed by atoms with Gasteiger partial charge in [0.05, 0.1) is 13.7 Å². The largest absolute Gasteiger partial charge is 0.497 e. The lowest BCUT2D eigenvalue weighted by atomic mass is 10.1. The van der Waals surface area contributed by atoms with E-state index in [2.05, 4.69) is 22.5 Å². The molecule has 0 atom stereocenters. The molecule has 0 saturated carbocycles. The van der Waals surface area contributed by atoms with E-state index in [4.69, 9.17) is 10.5 Å². The molecule has 4 N–H and O–H groups in total. The van der Waals surface area contributed by atoms with Gasteiger partial charge in [-0.05, 0) is 42.0 Å². The Bertz CT molecular complexity index is 787. The molecule has 0 aliphatic rings. The van der Waals surface area contributed by atoms with Crippen LogP contribution in [0, 0.1) is 11.8 Å². The smallest absolute Gasteiger partial charge is 0.315 e. The van der Waals surface area contributed by atoms with E-state index in [0.717, 1.165) is 16.9 Å². The van der Waals surface area contributed by atoms with Crippen LogP contribution in [0.4, 0.5) is 4.79 Å². The Morgan fingerprint density at radius 2 is 1.72 bits per heavy atom. The number of methoxy groups -OCH3 is 1. The van der Waals surface area contributed by atoms with Crippen molar-refractivity contribution in [2.24, 2.45) is 5.73 Å². The van der Waals surface area contributed by atoms with Crippen LogP contribution < -0.4 is 21.1 Å². The molecular formula is C19H19N3O3. The summed E-state index contributed by atoms with van der Waals surface area (Å²) in [5.41, 5.74) is 7.31. The number of hydrogen-bond donors (Lipinski definition) is 3. The van der Waals surface area contributed by atoms with Gasteiger partial charge in [-0.1, -0.05) is 24.0 Å². The molecule has 0 unspecified atom stereocenters. The monoisotopic (exact) mass is 337 g/mol. The second kappa shape index (κ2) is 8.99. The van der Waals surface area contributed by atoms with Gasteiger partial charge in [-0.15, -0.1) is 0 Å². The Labute approximate surface area is 146 Å². The number of urea groups is 1. The predicted octanol–water partition coefficient (Wildman–Crippen LogP) is 1.64. The first-order chi connectivity index (χ1) is 12.1. The number of hydrogen-bond acceptors (Lipinski definition) is 3. The summed E-state index contributed by atoms with van der Waals surface area (Å²) in [4.78, 5) is 22.7. The van der Waals surface area contributed by atoms with Crippen molar-refractivity contribution in [1.82, 2.24) is 10.6 Å². The highest BCUT2D eigenvalue weighted by atomic mass is 16.5. The molecule has 128 valence electrons. The van der Waals surface area contributed by atoms with E-state index in [1.54, 1.807) is 31.4 Å². The number of amides is 3. The minimum absolute atomic E-state index is 0.214. The first-order valence-electron chi connectivity index (χ1n) is 7.62. The van der Waals surface area contributed by atoms with Gasteiger partial charge in [0, 0.05) is 17.7 Å². The fourth-order valence-electron chi connectivity index (χ4n) is 1.98. The van der Waals surface area contributed by atoms with Crippen molar-refractivity contribution in [2.45, 2.75) is 6.54 Å². The minimum Gasteiger partial charge on any atom is -0.497 e. The Hall–Kier alpha value is -3.46. The number of benzene rings is 2. The molecule has 0 aromatic heterocycles. The van der Waals surface area contributed by atoms with Crippen LogP contribution in [0.1, 0.15) is 21.5 Å². The van der Waals surface area contributed by atoms with Crippen molar-refractivity contribution in [3.63, 3.8) is 0 Å². The molecule has 0 spiro atoms. The molecule has 25 heavy (non-hydrogen) atoms. The zero-order valence-electron chi connectivity index (χ0n) is 13.8. The fraction of sp³-hybridized carbons (Fsp3) is 0.158. The van der Waals surface area contributed by atoms with Crippen LogP contribution >= 0.6 is 0 Å². The Morgan fingerprint density at radius 3 is 2.32 bits per heavy atom. The van der Waals surface area contributed by atoms with Crippen LogP contribution in [-0.4, -0.2) is 25.6 Å². The lowest BCUT2D eigenvalue weighted by Crippen LogP contribution is -2.35. The van der Waals surface area contributed by atoms with Crippen molar-refractivity contribution in [2.75, 3.05) is 13.7 Å². The zero-order chi connectivity index (χ0) is 18.1. The number of carbonyl (C=O) groups excluding carboxylic acids is 2. The summed E-state index contributed by atoms with van der Waals surface area (Å²) in [6.45, 7) is 0.629. The quantitative estimate of drug-likeness (QED) is 0.724. The highest BCUT2D eigenvalue weighted by molar-refractivity contribution is 5.92. The van der Waals surface area contributed by atoms with Crippen LogP contribution in [-0.2, 0) is 6.54 Å². The highest BCUT2D eigenvalue weighted by Crippen LogP contribution is 2.10. The standard InChI is InChI=1S/C19H19N3O3/c1-25-17-10-6-15(7-11-17)13-22-19(24)21-12-2-3-14-4-8-16(9-5-14)18(20)23/h4-11H,12-13H2,1H3,(H2,20,23)(H2,21,22,24). The average Bonchev–Trinajstić information content (AvgIpc) is 2.64. The number of ether oxygens (including phenoxy) is 1. The van der Waals surface area contributed by atoms with Gasteiger partial charge >= 0.3 is 6.03 Å². The van der Waals surface area contributed by atoms with Crippen molar-refractivity contribution in [3.8, 4) is 17.6 Å². The van der Waals surface area contributed by atoms with Gasteiger partial charge in [-0.3, -0.25) is 4.79 Å². The van der Waals surface area contributed by atoms with E-state index in [0.29, 0.717) is 12.1 Å². The topological polar surface area (TPSA) is 93.4 Å². The number of carbonyl (C=O) groups is 2. The zero-order valence-corrected chi connectivity index (χ0v) is 13.8. The third kappa shape index (κ3) is 5.92. The third-order valence-corrected chi connectivity index (χ3v) is 3.35. The summed E-state index contributed by atoms with van der Waals surface area (Å²) in [6, 6.07) is 13.8. The molecule has 0 radical (unpaired) electrons. The first-order valence-corrected chi connectivity index (χ1v) is 7.62. The summed E-state index contributed by atoms with van der Waals surface area (Å²) >= 11 is 0. The second-order valence-electron chi connectivity index (χ2n) is 5.13. The highest BCUT2D eigenvalue weighted by Gasteiger charge is 2.00. The number of nitrogens with two attached hydrogens (primary N) is 1. The SMILES string of the molecule is COc1ccc(CNC(=O)NCC#Cc2ccc(C(N)=O)cc2)cc1. The van der Waals surface area contributed by atoms with Crippen LogP contribution in [0.5, 0.6) is 5.75 Å². The number of nitrogens with one attached hydrogen (secondary N) is 2. The van der Waals surface area contributed by atoms with E-state index in [1.165, 1.54) is 0 Å². The third-order valence-electron chi connectivity index (χ3n) is 3.35. The average molecular weight is 337 g/mol. The van der Waals surface area contributed by atoms with Crippen molar-refractivity contribution in [3.05, 3.63) is 65.2 Å².